The predicted molar refractivity (Wildman–Crippen MR) is 76.6 cm³/mol. The van der Waals surface area contributed by atoms with Crippen LogP contribution in [0.2, 0.25) is 0 Å². The number of aromatic nitrogens is 1. The van der Waals surface area contributed by atoms with E-state index in [1.807, 2.05) is 54.9 Å². The molecule has 0 amide bonds. The summed E-state index contributed by atoms with van der Waals surface area (Å²) in [6.45, 7) is 1.74. The van der Waals surface area contributed by atoms with Crippen molar-refractivity contribution in [2.24, 2.45) is 0 Å². The van der Waals surface area contributed by atoms with Crippen LogP contribution in [0.3, 0.4) is 0 Å². The number of aliphatic hydroxyl groups excluding tert-OH is 1. The van der Waals surface area contributed by atoms with Crippen LogP contribution >= 0.6 is 0 Å². The molecule has 2 aromatic rings. The molecule has 3 nitrogen and oxygen atoms in total. The van der Waals surface area contributed by atoms with Crippen molar-refractivity contribution in [1.82, 2.24) is 9.88 Å². The maximum absolute atomic E-state index is 10.1. The smallest absolute Gasteiger partial charge is 0.0802 e. The van der Waals surface area contributed by atoms with Crippen molar-refractivity contribution in [1.29, 1.82) is 0 Å². The van der Waals surface area contributed by atoms with Crippen LogP contribution in [0, 0.1) is 0 Å². The fourth-order valence-electron chi connectivity index (χ4n) is 2.06. The van der Waals surface area contributed by atoms with Gasteiger partial charge in [0.15, 0.2) is 0 Å². The van der Waals surface area contributed by atoms with Gasteiger partial charge in [-0.15, -0.1) is 0 Å². The van der Waals surface area contributed by atoms with Gasteiger partial charge in [0.25, 0.3) is 0 Å². The molecule has 0 fully saturated rings. The number of hydrogen-bond donors (Lipinski definition) is 1. The highest BCUT2D eigenvalue weighted by atomic mass is 16.3. The molecular weight excluding hydrogens is 236 g/mol. The Morgan fingerprint density at radius 3 is 2.47 bits per heavy atom. The van der Waals surface area contributed by atoms with Crippen LogP contribution in [0.25, 0.3) is 0 Å². The second-order valence-corrected chi connectivity index (χ2v) is 4.81. The summed E-state index contributed by atoms with van der Waals surface area (Å²) >= 11 is 0. The Bertz CT molecular complexity index is 473. The van der Waals surface area contributed by atoms with Crippen molar-refractivity contribution < 1.29 is 5.11 Å². The number of hydrogen-bond acceptors (Lipinski definition) is 3. The molecule has 1 N–H and O–H groups in total. The minimum absolute atomic E-state index is 0.388. The summed E-state index contributed by atoms with van der Waals surface area (Å²) < 4.78 is 0. The fourth-order valence-corrected chi connectivity index (χ4v) is 2.06. The first-order chi connectivity index (χ1) is 9.25. The highest BCUT2D eigenvalue weighted by Crippen LogP contribution is 2.16. The van der Waals surface area contributed by atoms with Gasteiger partial charge in [-0.25, -0.2) is 0 Å². The van der Waals surface area contributed by atoms with Crippen molar-refractivity contribution in [2.75, 3.05) is 13.6 Å². The lowest BCUT2D eigenvalue weighted by Crippen LogP contribution is -2.20. The summed E-state index contributed by atoms with van der Waals surface area (Å²) in [5.41, 5.74) is 2.23. The number of aliphatic hydroxyl groups is 1. The Balaban J connectivity index is 1.79. The van der Waals surface area contributed by atoms with Crippen LogP contribution in [0.5, 0.6) is 0 Å². The van der Waals surface area contributed by atoms with Crippen LogP contribution in [-0.4, -0.2) is 28.6 Å². The summed E-state index contributed by atoms with van der Waals surface area (Å²) in [6.07, 6.45) is 3.97. The van der Waals surface area contributed by atoms with E-state index in [0.29, 0.717) is 0 Å². The molecule has 1 heterocycles. The molecule has 1 aromatic heterocycles. The maximum atomic E-state index is 10.1. The Morgan fingerprint density at radius 2 is 1.79 bits per heavy atom. The summed E-state index contributed by atoms with van der Waals surface area (Å²) in [5.74, 6) is 0. The first kappa shape index (κ1) is 13.7. The van der Waals surface area contributed by atoms with Gasteiger partial charge in [0, 0.05) is 25.5 Å². The SMILES string of the molecule is CN(CCC(O)c1ccccc1)Cc1ccncc1. The Labute approximate surface area is 114 Å². The fraction of sp³-hybridized carbons (Fsp3) is 0.312. The lowest BCUT2D eigenvalue weighted by molar-refractivity contribution is 0.147. The average molecular weight is 256 g/mol. The lowest BCUT2D eigenvalue weighted by Gasteiger charge is -2.19. The molecule has 2 rings (SSSR count). The molecule has 0 saturated carbocycles. The topological polar surface area (TPSA) is 36.4 Å². The van der Waals surface area contributed by atoms with Crippen LogP contribution in [0.4, 0.5) is 0 Å². The first-order valence-corrected chi connectivity index (χ1v) is 6.56. The normalized spacial score (nSPS) is 12.6. The van der Waals surface area contributed by atoms with E-state index in [2.05, 4.69) is 16.9 Å². The number of pyridine rings is 1. The summed E-state index contributed by atoms with van der Waals surface area (Å²) in [7, 11) is 2.07. The van der Waals surface area contributed by atoms with E-state index in [4.69, 9.17) is 0 Å². The molecule has 100 valence electrons. The van der Waals surface area contributed by atoms with Crippen molar-refractivity contribution >= 4 is 0 Å². The van der Waals surface area contributed by atoms with E-state index in [9.17, 15) is 5.11 Å². The third kappa shape index (κ3) is 4.47. The van der Waals surface area contributed by atoms with Crippen LogP contribution in [0.1, 0.15) is 23.7 Å². The molecule has 0 spiro atoms. The van der Waals surface area contributed by atoms with Crippen LogP contribution in [0.15, 0.2) is 54.9 Å². The molecule has 1 aromatic carbocycles. The second kappa shape index (κ2) is 7.02. The highest BCUT2D eigenvalue weighted by molar-refractivity contribution is 5.17. The molecule has 0 saturated heterocycles. The van der Waals surface area contributed by atoms with Gasteiger partial charge in [0.05, 0.1) is 6.10 Å². The average Bonchev–Trinajstić information content (AvgIpc) is 2.47. The molecule has 19 heavy (non-hydrogen) atoms. The largest absolute Gasteiger partial charge is 0.388 e. The van der Waals surface area contributed by atoms with Crippen LogP contribution in [-0.2, 0) is 6.54 Å². The monoisotopic (exact) mass is 256 g/mol. The van der Waals surface area contributed by atoms with Crippen molar-refractivity contribution in [2.45, 2.75) is 19.1 Å². The van der Waals surface area contributed by atoms with Gasteiger partial charge in [0.2, 0.25) is 0 Å². The molecule has 0 aliphatic carbocycles. The maximum Gasteiger partial charge on any atom is 0.0802 e. The molecule has 0 aliphatic heterocycles. The van der Waals surface area contributed by atoms with Crippen molar-refractivity contribution in [3.05, 3.63) is 66.0 Å². The summed E-state index contributed by atoms with van der Waals surface area (Å²) in [5, 5.41) is 10.1. The number of nitrogens with zero attached hydrogens (tertiary/aromatic N) is 2. The van der Waals surface area contributed by atoms with Gasteiger partial charge < -0.3 is 10.0 Å². The van der Waals surface area contributed by atoms with Gasteiger partial charge in [-0.1, -0.05) is 30.3 Å². The molecule has 3 heteroatoms. The quantitative estimate of drug-likeness (QED) is 0.863. The van der Waals surface area contributed by atoms with E-state index >= 15 is 0 Å². The van der Waals surface area contributed by atoms with Crippen molar-refractivity contribution in [3.8, 4) is 0 Å². The van der Waals surface area contributed by atoms with E-state index in [0.717, 1.165) is 25.1 Å². The second-order valence-electron chi connectivity index (χ2n) is 4.81. The van der Waals surface area contributed by atoms with Gasteiger partial charge >= 0.3 is 0 Å². The number of benzene rings is 1. The number of rotatable bonds is 6. The van der Waals surface area contributed by atoms with Crippen molar-refractivity contribution in [3.63, 3.8) is 0 Å². The molecule has 0 radical (unpaired) electrons. The molecule has 1 unspecified atom stereocenters. The zero-order valence-electron chi connectivity index (χ0n) is 11.2. The third-order valence-electron chi connectivity index (χ3n) is 3.17. The predicted octanol–water partition coefficient (Wildman–Crippen LogP) is 2.64. The minimum Gasteiger partial charge on any atom is -0.388 e. The van der Waals surface area contributed by atoms with E-state index in [-0.39, 0.29) is 6.10 Å². The zero-order valence-corrected chi connectivity index (χ0v) is 11.2. The van der Waals surface area contributed by atoms with Crippen LogP contribution < -0.4 is 0 Å². The standard InChI is InChI=1S/C16H20N2O/c1-18(13-14-7-10-17-11-8-14)12-9-16(19)15-5-3-2-4-6-15/h2-8,10-11,16,19H,9,12-13H2,1H3. The molecular formula is C16H20N2O. The molecule has 0 bridgehead atoms. The highest BCUT2D eigenvalue weighted by Gasteiger charge is 2.08. The Morgan fingerprint density at radius 1 is 1.11 bits per heavy atom. The zero-order chi connectivity index (χ0) is 13.5. The molecule has 0 aliphatic rings. The molecule has 1 atom stereocenters. The van der Waals surface area contributed by atoms with Gasteiger partial charge in [-0.3, -0.25) is 4.98 Å². The lowest BCUT2D eigenvalue weighted by atomic mass is 10.1. The Hall–Kier alpha value is -1.71. The summed E-state index contributed by atoms with van der Waals surface area (Å²) in [4.78, 5) is 6.22. The summed E-state index contributed by atoms with van der Waals surface area (Å²) in [6, 6.07) is 13.8. The van der Waals surface area contributed by atoms with E-state index in [1.54, 1.807) is 0 Å². The van der Waals surface area contributed by atoms with E-state index in [1.165, 1.54) is 5.56 Å². The first-order valence-electron chi connectivity index (χ1n) is 6.56. The van der Waals surface area contributed by atoms with Gasteiger partial charge in [-0.05, 0) is 36.7 Å². The van der Waals surface area contributed by atoms with Gasteiger partial charge in [-0.2, -0.15) is 0 Å². The van der Waals surface area contributed by atoms with Gasteiger partial charge in [0.1, 0.15) is 0 Å². The Kier molecular flexibility index (Phi) is 5.07. The van der Waals surface area contributed by atoms with E-state index < -0.39 is 0 Å². The minimum atomic E-state index is -0.388. The third-order valence-corrected chi connectivity index (χ3v) is 3.17.